The van der Waals surface area contributed by atoms with E-state index in [1.807, 2.05) is 84.9 Å². The normalized spacial score (nSPS) is 21.8. The van der Waals surface area contributed by atoms with Crippen LogP contribution in [0.1, 0.15) is 84.7 Å². The number of hydrogen-bond acceptors (Lipinski definition) is 6. The third kappa shape index (κ3) is 5.42. The number of ether oxygens (including phenoxy) is 2. The zero-order chi connectivity index (χ0) is 40.8. The molecule has 4 atom stereocenters. The second kappa shape index (κ2) is 13.1. The third-order valence-electron chi connectivity index (χ3n) is 13.3. The van der Waals surface area contributed by atoms with Crippen LogP contribution in [0.4, 0.5) is 0 Å². The Morgan fingerprint density at radius 1 is 0.559 bits per heavy atom. The van der Waals surface area contributed by atoms with Crippen LogP contribution in [0.15, 0.2) is 147 Å². The number of nitrogens with zero attached hydrogens (tertiary/aromatic N) is 2. The highest BCUT2D eigenvalue weighted by atomic mass is 16.5. The molecule has 6 aromatic rings. The van der Waals surface area contributed by atoms with Gasteiger partial charge in [-0.2, -0.15) is 0 Å². The number of rotatable bonds is 12. The van der Waals surface area contributed by atoms with E-state index in [2.05, 4.69) is 75.6 Å². The second-order valence-electron chi connectivity index (χ2n) is 17.0. The van der Waals surface area contributed by atoms with Crippen molar-refractivity contribution in [3.63, 3.8) is 0 Å². The van der Waals surface area contributed by atoms with Crippen molar-refractivity contribution >= 4 is 0 Å². The van der Waals surface area contributed by atoms with E-state index >= 15 is 0 Å². The Hall–Kier alpha value is -6.80. The van der Waals surface area contributed by atoms with Crippen molar-refractivity contribution in [3.05, 3.63) is 180 Å². The van der Waals surface area contributed by atoms with Crippen molar-refractivity contribution in [2.75, 3.05) is 0 Å². The minimum Gasteiger partial charge on any atom is -0.494 e. The van der Waals surface area contributed by atoms with E-state index in [4.69, 9.17) is 9.47 Å². The Morgan fingerprint density at radius 2 is 0.898 bits per heavy atom. The van der Waals surface area contributed by atoms with Crippen LogP contribution in [0.2, 0.25) is 0 Å². The summed E-state index contributed by atoms with van der Waals surface area (Å²) in [7, 11) is 0. The Bertz CT molecular complexity index is 2530. The van der Waals surface area contributed by atoms with Gasteiger partial charge in [0, 0.05) is 50.3 Å². The van der Waals surface area contributed by atoms with Gasteiger partial charge in [0.05, 0.1) is 11.4 Å². The molecule has 4 unspecified atom stereocenters. The number of aromatic hydroxyl groups is 4. The first kappa shape index (κ1) is 36.5. The molecule has 59 heavy (non-hydrogen) atoms. The van der Waals surface area contributed by atoms with E-state index in [9.17, 15) is 20.4 Å². The van der Waals surface area contributed by atoms with Crippen molar-refractivity contribution in [2.45, 2.75) is 67.6 Å². The molecule has 0 aliphatic heterocycles. The molecule has 0 amide bonds. The van der Waals surface area contributed by atoms with Crippen LogP contribution in [0.5, 0.6) is 46.5 Å². The van der Waals surface area contributed by atoms with Gasteiger partial charge in [-0.05, 0) is 110 Å². The standard InChI is InChI=1S/C51H46N2O6/c1-5-25-50-27-23-31(29-50)41-43(50)47(56)52(45(41)54)35-11-19-39(20-12-35)58-37-15-7-33(8-16-37)49(3,4)34-9-17-38(18-10-34)59-40-21-13-36(14-22-40)53-46(55)42-32-24-28-51(30-32,26-6-2)44(42)48(53)57/h5-24,27-28,31-32,54-57H,1-2,25-26,29-30H2,3-4H3. The summed E-state index contributed by atoms with van der Waals surface area (Å²) >= 11 is 0. The predicted molar refractivity (Wildman–Crippen MR) is 229 cm³/mol. The Kier molecular flexibility index (Phi) is 8.12. The molecule has 4 bridgehead atoms. The van der Waals surface area contributed by atoms with E-state index in [1.54, 1.807) is 0 Å². The van der Waals surface area contributed by atoms with Crippen molar-refractivity contribution in [1.29, 1.82) is 0 Å². The van der Waals surface area contributed by atoms with Gasteiger partial charge in [-0.15, -0.1) is 13.2 Å². The van der Waals surface area contributed by atoms with E-state index in [1.165, 1.54) is 9.13 Å². The minimum absolute atomic E-state index is 0.0775. The van der Waals surface area contributed by atoms with Crippen LogP contribution < -0.4 is 9.47 Å². The molecule has 4 N–H and O–H groups in total. The van der Waals surface area contributed by atoms with Crippen molar-refractivity contribution < 1.29 is 29.9 Å². The van der Waals surface area contributed by atoms with Crippen LogP contribution in [-0.2, 0) is 16.2 Å². The molecule has 296 valence electrons. The Balaban J connectivity index is 0.795. The fourth-order valence-corrected chi connectivity index (χ4v) is 10.4. The second-order valence-corrected chi connectivity index (χ2v) is 17.0. The van der Waals surface area contributed by atoms with Gasteiger partial charge in [-0.1, -0.05) is 74.6 Å². The van der Waals surface area contributed by atoms with E-state index < -0.39 is 0 Å². The highest BCUT2D eigenvalue weighted by molar-refractivity contribution is 5.67. The summed E-state index contributed by atoms with van der Waals surface area (Å²) < 4.78 is 15.5. The first-order valence-corrected chi connectivity index (χ1v) is 20.2. The fraction of sp³-hybridized carbons (Fsp3) is 0.216. The third-order valence-corrected chi connectivity index (χ3v) is 13.3. The molecule has 8 nitrogen and oxygen atoms in total. The number of fused-ring (bicyclic) bond motifs is 10. The fourth-order valence-electron chi connectivity index (χ4n) is 10.4. The SMILES string of the molecule is C=CCC12C=CC(C1)c1c2c(O)n(-c2ccc(Oc3ccc(C(C)(C)c4ccc(Oc5ccc(-n6c(O)c7c(c6O)C6(CC=C)C=CC7C6)cc5)cc4)cc3)cc2)c1O. The largest absolute Gasteiger partial charge is 0.494 e. The highest BCUT2D eigenvalue weighted by Crippen LogP contribution is 2.63. The molecule has 4 aliphatic carbocycles. The quantitative estimate of drug-likeness (QED) is 0.0921. The zero-order valence-corrected chi connectivity index (χ0v) is 33.1. The zero-order valence-electron chi connectivity index (χ0n) is 33.1. The van der Waals surface area contributed by atoms with Gasteiger partial charge < -0.3 is 29.9 Å². The smallest absolute Gasteiger partial charge is 0.203 e. The minimum atomic E-state index is -0.316. The van der Waals surface area contributed by atoms with Crippen molar-refractivity contribution in [3.8, 4) is 57.9 Å². The summed E-state index contributed by atoms with van der Waals surface area (Å²) in [6, 6.07) is 30.8. The molecule has 4 aromatic carbocycles. The Labute approximate surface area is 343 Å². The maximum Gasteiger partial charge on any atom is 0.203 e. The average molecular weight is 783 g/mol. The first-order valence-electron chi connectivity index (χ1n) is 20.2. The number of allylic oxidation sites excluding steroid dienone is 6. The van der Waals surface area contributed by atoms with Crippen molar-refractivity contribution in [2.24, 2.45) is 0 Å². The van der Waals surface area contributed by atoms with Crippen LogP contribution >= 0.6 is 0 Å². The summed E-state index contributed by atoms with van der Waals surface area (Å²) in [5.41, 5.74) is 5.85. The van der Waals surface area contributed by atoms with Crippen LogP contribution in [0.3, 0.4) is 0 Å². The monoisotopic (exact) mass is 782 g/mol. The summed E-state index contributed by atoms with van der Waals surface area (Å²) in [4.78, 5) is 0. The first-order chi connectivity index (χ1) is 28.5. The maximum absolute atomic E-state index is 11.3. The molecular formula is C51H46N2O6. The van der Waals surface area contributed by atoms with E-state index in [0.29, 0.717) is 47.2 Å². The van der Waals surface area contributed by atoms with Gasteiger partial charge in [0.1, 0.15) is 23.0 Å². The van der Waals surface area contributed by atoms with Gasteiger partial charge in [-0.25, -0.2) is 0 Å². The van der Waals surface area contributed by atoms with Gasteiger partial charge in [0.2, 0.25) is 23.5 Å². The molecule has 4 aliphatic rings. The molecule has 2 aromatic heterocycles. The lowest BCUT2D eigenvalue weighted by atomic mass is 9.78. The molecule has 2 heterocycles. The van der Waals surface area contributed by atoms with Gasteiger partial charge in [-0.3, -0.25) is 9.13 Å². The molecule has 0 saturated carbocycles. The summed E-state index contributed by atoms with van der Waals surface area (Å²) in [6.45, 7) is 12.2. The van der Waals surface area contributed by atoms with Gasteiger partial charge in [0.25, 0.3) is 0 Å². The molecule has 10 rings (SSSR count). The molecule has 0 spiro atoms. The number of aromatic nitrogens is 2. The van der Waals surface area contributed by atoms with Crippen LogP contribution in [-0.4, -0.2) is 29.6 Å². The van der Waals surface area contributed by atoms with E-state index in [0.717, 1.165) is 46.2 Å². The molecule has 0 radical (unpaired) electrons. The maximum atomic E-state index is 11.3. The molecule has 8 heteroatoms. The Morgan fingerprint density at radius 3 is 1.24 bits per heavy atom. The van der Waals surface area contributed by atoms with Crippen molar-refractivity contribution in [1.82, 2.24) is 9.13 Å². The number of benzene rings is 4. The average Bonchev–Trinajstić information content (AvgIpc) is 4.08. The summed E-state index contributed by atoms with van der Waals surface area (Å²) in [6.07, 6.45) is 15.4. The van der Waals surface area contributed by atoms with Gasteiger partial charge >= 0.3 is 0 Å². The molecule has 0 saturated heterocycles. The molecule has 0 fully saturated rings. The topological polar surface area (TPSA) is 109 Å². The van der Waals surface area contributed by atoms with Crippen LogP contribution in [0, 0.1) is 0 Å². The number of hydrogen-bond donors (Lipinski definition) is 4. The summed E-state index contributed by atoms with van der Waals surface area (Å²) in [5.74, 6) is 3.17. The lowest BCUT2D eigenvalue weighted by Gasteiger charge is -2.26. The predicted octanol–water partition coefficient (Wildman–Crippen LogP) is 11.7. The van der Waals surface area contributed by atoms with Crippen LogP contribution in [0.25, 0.3) is 11.4 Å². The lowest BCUT2D eigenvalue weighted by molar-refractivity contribution is 0.386. The van der Waals surface area contributed by atoms with E-state index in [-0.39, 0.29) is 51.6 Å². The van der Waals surface area contributed by atoms with Gasteiger partial charge in [0.15, 0.2) is 0 Å². The lowest BCUT2D eigenvalue weighted by Crippen LogP contribution is -2.18. The summed E-state index contributed by atoms with van der Waals surface area (Å²) in [5, 5.41) is 45.1. The molecular weight excluding hydrogens is 737 g/mol. The highest BCUT2D eigenvalue weighted by Gasteiger charge is 2.52.